The smallest absolute Gasteiger partial charge is 0.306 e. The second kappa shape index (κ2) is 6.00. The number of carbonyl (C=O) groups is 3. The molecule has 0 bridgehead atoms. The second-order valence-corrected chi connectivity index (χ2v) is 9.48. The van der Waals surface area contributed by atoms with Crippen molar-refractivity contribution in [3.05, 3.63) is 11.6 Å². The van der Waals surface area contributed by atoms with E-state index in [1.165, 1.54) is 0 Å². The highest BCUT2D eigenvalue weighted by atomic mass is 16.5. The lowest BCUT2D eigenvalue weighted by atomic mass is 9.45. The zero-order chi connectivity index (χ0) is 19.6. The lowest BCUT2D eigenvalue weighted by molar-refractivity contribution is -0.192. The number of Topliss-reactive ketones (excluding diaryl/α,β-unsaturated/α-hetero) is 1. The van der Waals surface area contributed by atoms with Crippen molar-refractivity contribution in [1.82, 2.24) is 0 Å². The Bertz CT molecular complexity index is 739. The molecule has 4 rings (SSSR count). The van der Waals surface area contributed by atoms with E-state index in [1.54, 1.807) is 13.0 Å². The molecule has 148 valence electrons. The average molecular weight is 374 g/mol. The molecule has 0 unspecified atom stereocenters. The van der Waals surface area contributed by atoms with Crippen molar-refractivity contribution in [3.8, 4) is 0 Å². The van der Waals surface area contributed by atoms with Gasteiger partial charge in [0.25, 0.3) is 0 Å². The lowest BCUT2D eigenvalue weighted by Gasteiger charge is -2.61. The molecule has 4 aliphatic rings. The third kappa shape index (κ3) is 2.43. The first kappa shape index (κ1) is 18.9. The summed E-state index contributed by atoms with van der Waals surface area (Å²) in [7, 11) is 0. The summed E-state index contributed by atoms with van der Waals surface area (Å²) in [6.45, 7) is 5.84. The van der Waals surface area contributed by atoms with Crippen LogP contribution in [0.15, 0.2) is 11.6 Å². The van der Waals surface area contributed by atoms with Crippen molar-refractivity contribution < 1.29 is 24.2 Å². The Morgan fingerprint density at radius 3 is 2.63 bits per heavy atom. The van der Waals surface area contributed by atoms with Crippen molar-refractivity contribution >= 4 is 17.5 Å². The number of esters is 1. The quantitative estimate of drug-likeness (QED) is 0.751. The maximum atomic E-state index is 12.6. The molecule has 1 N–H and O–H groups in total. The van der Waals surface area contributed by atoms with Crippen molar-refractivity contribution in [2.45, 2.75) is 83.8 Å². The molecule has 0 aromatic rings. The van der Waals surface area contributed by atoms with Crippen molar-refractivity contribution in [3.63, 3.8) is 0 Å². The van der Waals surface area contributed by atoms with Crippen molar-refractivity contribution in [1.29, 1.82) is 0 Å². The van der Waals surface area contributed by atoms with Gasteiger partial charge in [-0.1, -0.05) is 13.8 Å². The van der Waals surface area contributed by atoms with Gasteiger partial charge in [0, 0.05) is 19.3 Å². The first-order valence-corrected chi connectivity index (χ1v) is 10.4. The van der Waals surface area contributed by atoms with Crippen LogP contribution in [-0.2, 0) is 19.1 Å². The van der Waals surface area contributed by atoms with Gasteiger partial charge in [-0.3, -0.25) is 14.4 Å². The number of carbonyl (C=O) groups excluding carboxylic acids is 3. The molecule has 3 saturated carbocycles. The molecule has 0 heterocycles. The van der Waals surface area contributed by atoms with E-state index in [0.29, 0.717) is 32.1 Å². The summed E-state index contributed by atoms with van der Waals surface area (Å²) in [5.41, 5.74) is -1.08. The molecule has 5 heteroatoms. The number of aliphatic hydroxyl groups is 1. The van der Waals surface area contributed by atoms with Gasteiger partial charge in [0.15, 0.2) is 5.78 Å². The number of rotatable bonds is 2. The van der Waals surface area contributed by atoms with Gasteiger partial charge in [0.1, 0.15) is 11.9 Å². The Morgan fingerprint density at radius 1 is 1.19 bits per heavy atom. The SMILES string of the molecule is CCC(=O)O[C@@H]1C[C@@H]2[C@H](CC[C@]3(C)C(=O)CC[C@@]23O)[C@@]2(C)CCC(=O)C=C12. The minimum absolute atomic E-state index is 0.0901. The topological polar surface area (TPSA) is 80.7 Å². The first-order valence-electron chi connectivity index (χ1n) is 10.4. The molecule has 5 nitrogen and oxygen atoms in total. The molecule has 6 atom stereocenters. The van der Waals surface area contributed by atoms with Crippen LogP contribution in [0.1, 0.15) is 72.1 Å². The van der Waals surface area contributed by atoms with Gasteiger partial charge in [-0.2, -0.15) is 0 Å². The molecule has 0 aromatic heterocycles. The predicted octanol–water partition coefficient (Wildman–Crippen LogP) is 3.13. The molecule has 27 heavy (non-hydrogen) atoms. The third-order valence-corrected chi connectivity index (χ3v) is 8.42. The minimum atomic E-state index is -1.04. The van der Waals surface area contributed by atoms with Gasteiger partial charge in [-0.25, -0.2) is 0 Å². The summed E-state index contributed by atoms with van der Waals surface area (Å²) in [5, 5.41) is 11.8. The van der Waals surface area contributed by atoms with E-state index in [1.807, 2.05) is 6.92 Å². The maximum absolute atomic E-state index is 12.6. The Hall–Kier alpha value is -1.49. The maximum Gasteiger partial charge on any atom is 0.306 e. The molecule has 0 radical (unpaired) electrons. The lowest BCUT2D eigenvalue weighted by Crippen LogP contribution is -2.63. The Labute approximate surface area is 160 Å². The van der Waals surface area contributed by atoms with E-state index in [4.69, 9.17) is 4.74 Å². The highest BCUT2D eigenvalue weighted by Gasteiger charge is 2.68. The van der Waals surface area contributed by atoms with Crippen LogP contribution in [0.5, 0.6) is 0 Å². The molecular formula is C22H30O5. The van der Waals surface area contributed by atoms with E-state index >= 15 is 0 Å². The Kier molecular flexibility index (Phi) is 4.19. The van der Waals surface area contributed by atoms with Crippen LogP contribution in [0.4, 0.5) is 0 Å². The number of ketones is 2. The van der Waals surface area contributed by atoms with Crippen LogP contribution in [0, 0.1) is 22.7 Å². The summed E-state index contributed by atoms with van der Waals surface area (Å²) in [5.74, 6) is 0.0858. The van der Waals surface area contributed by atoms with Crippen LogP contribution in [0.2, 0.25) is 0 Å². The average Bonchev–Trinajstić information content (AvgIpc) is 2.87. The fourth-order valence-corrected chi connectivity index (χ4v) is 6.66. The predicted molar refractivity (Wildman–Crippen MR) is 98.7 cm³/mol. The largest absolute Gasteiger partial charge is 0.458 e. The number of fused-ring (bicyclic) bond motifs is 5. The first-order chi connectivity index (χ1) is 12.7. The Morgan fingerprint density at radius 2 is 1.93 bits per heavy atom. The van der Waals surface area contributed by atoms with E-state index in [2.05, 4.69) is 6.92 Å². The molecule has 0 aliphatic heterocycles. The van der Waals surface area contributed by atoms with E-state index in [0.717, 1.165) is 18.4 Å². The Balaban J connectivity index is 1.78. The standard InChI is InChI=1S/C22H30O5/c1-4-19(25)27-17-12-15-14(20(2)8-5-13(23)11-16(17)20)6-9-21(3)18(24)7-10-22(15,21)26/h11,14-15,17,26H,4-10,12H2,1-3H3/t14-,15+,17+,20+,21+,22+/m0/s1. The van der Waals surface area contributed by atoms with E-state index in [-0.39, 0.29) is 41.2 Å². The van der Waals surface area contributed by atoms with Crippen molar-refractivity contribution in [2.75, 3.05) is 0 Å². The van der Waals surface area contributed by atoms with Gasteiger partial charge in [0.2, 0.25) is 0 Å². The number of hydrogen-bond acceptors (Lipinski definition) is 5. The van der Waals surface area contributed by atoms with Crippen LogP contribution in [-0.4, -0.2) is 34.3 Å². The van der Waals surface area contributed by atoms with E-state index < -0.39 is 17.1 Å². The fraction of sp³-hybridized carbons (Fsp3) is 0.773. The van der Waals surface area contributed by atoms with Crippen molar-refractivity contribution in [2.24, 2.45) is 22.7 Å². The molecule has 0 aromatic carbocycles. The zero-order valence-corrected chi connectivity index (χ0v) is 16.5. The summed E-state index contributed by atoms with van der Waals surface area (Å²) < 4.78 is 5.77. The summed E-state index contributed by atoms with van der Waals surface area (Å²) in [6, 6.07) is 0. The fourth-order valence-electron chi connectivity index (χ4n) is 6.66. The second-order valence-electron chi connectivity index (χ2n) is 9.48. The van der Waals surface area contributed by atoms with Gasteiger partial charge in [-0.15, -0.1) is 0 Å². The highest BCUT2D eigenvalue weighted by Crippen LogP contribution is 2.66. The summed E-state index contributed by atoms with van der Waals surface area (Å²) in [6.07, 6.45) is 5.70. The molecule has 0 spiro atoms. The molecule has 0 saturated heterocycles. The van der Waals surface area contributed by atoms with Gasteiger partial charge >= 0.3 is 5.97 Å². The normalized spacial score (nSPS) is 46.2. The monoisotopic (exact) mass is 374 g/mol. The number of hydrogen-bond donors (Lipinski definition) is 1. The van der Waals surface area contributed by atoms with Crippen LogP contribution in [0.3, 0.4) is 0 Å². The van der Waals surface area contributed by atoms with Gasteiger partial charge in [-0.05, 0) is 67.9 Å². The zero-order valence-electron chi connectivity index (χ0n) is 16.5. The molecular weight excluding hydrogens is 344 g/mol. The summed E-state index contributed by atoms with van der Waals surface area (Å²) in [4.78, 5) is 36.8. The van der Waals surface area contributed by atoms with Gasteiger partial charge < -0.3 is 9.84 Å². The summed E-state index contributed by atoms with van der Waals surface area (Å²) >= 11 is 0. The van der Waals surface area contributed by atoms with E-state index in [9.17, 15) is 19.5 Å². The molecule has 4 aliphatic carbocycles. The van der Waals surface area contributed by atoms with Crippen LogP contribution in [0.25, 0.3) is 0 Å². The third-order valence-electron chi connectivity index (χ3n) is 8.42. The molecule has 3 fully saturated rings. The van der Waals surface area contributed by atoms with Gasteiger partial charge in [0.05, 0.1) is 11.0 Å². The van der Waals surface area contributed by atoms with Crippen LogP contribution >= 0.6 is 0 Å². The van der Waals surface area contributed by atoms with Crippen LogP contribution < -0.4 is 0 Å². The molecule has 0 amide bonds. The highest BCUT2D eigenvalue weighted by molar-refractivity contribution is 5.92. The minimum Gasteiger partial charge on any atom is -0.458 e. The number of ether oxygens (including phenoxy) is 1.